The van der Waals surface area contributed by atoms with Gasteiger partial charge in [-0.05, 0) is 32.3 Å². The molecule has 198 valence electrons. The van der Waals surface area contributed by atoms with Gasteiger partial charge in [0.25, 0.3) is 0 Å². The number of anilines is 3. The predicted molar refractivity (Wildman–Crippen MR) is 151 cm³/mol. The molecule has 0 saturated heterocycles. The number of benzene rings is 2. The smallest absolute Gasteiger partial charge is 0.341 e. The Morgan fingerprint density at radius 2 is 1.97 bits per heavy atom. The van der Waals surface area contributed by atoms with Gasteiger partial charge in [-0.25, -0.2) is 14.8 Å². The van der Waals surface area contributed by atoms with E-state index in [1.54, 1.807) is 18.3 Å². The minimum absolute atomic E-state index is 0.202. The number of carbonyl (C=O) groups excluding carboxylic acids is 2. The lowest BCUT2D eigenvalue weighted by Crippen LogP contribution is -2.12. The van der Waals surface area contributed by atoms with Crippen LogP contribution in [0, 0.1) is 11.8 Å². The first-order valence-corrected chi connectivity index (χ1v) is 11.9. The molecule has 0 unspecified atom stereocenters. The number of nitrogens with zero attached hydrogens (tertiary/aromatic N) is 3. The zero-order chi connectivity index (χ0) is 27.9. The van der Waals surface area contributed by atoms with Gasteiger partial charge < -0.3 is 25.1 Å². The van der Waals surface area contributed by atoms with E-state index in [9.17, 15) is 9.59 Å². The molecule has 39 heavy (non-hydrogen) atoms. The highest BCUT2D eigenvalue weighted by atomic mass is 16.5. The number of hydrogen-bond acceptors (Lipinski definition) is 8. The second-order valence-electron chi connectivity index (χ2n) is 8.65. The van der Waals surface area contributed by atoms with Crippen LogP contribution in [0.5, 0.6) is 5.75 Å². The summed E-state index contributed by atoms with van der Waals surface area (Å²) in [6.45, 7) is 4.06. The number of nitrogens with one attached hydrogen (secondary N) is 3. The Morgan fingerprint density at radius 1 is 1.18 bits per heavy atom. The van der Waals surface area contributed by atoms with Crippen molar-refractivity contribution in [2.45, 2.75) is 0 Å². The van der Waals surface area contributed by atoms with Crippen molar-refractivity contribution >= 4 is 40.1 Å². The van der Waals surface area contributed by atoms with E-state index < -0.39 is 5.97 Å². The van der Waals surface area contributed by atoms with Gasteiger partial charge in [-0.2, -0.15) is 0 Å². The second kappa shape index (κ2) is 11.9. The van der Waals surface area contributed by atoms with Crippen LogP contribution in [0.15, 0.2) is 61.4 Å². The van der Waals surface area contributed by atoms with Crippen LogP contribution < -0.4 is 15.4 Å². The molecule has 2 aromatic heterocycles. The van der Waals surface area contributed by atoms with Crippen molar-refractivity contribution in [3.8, 4) is 28.8 Å². The lowest BCUT2D eigenvalue weighted by molar-refractivity contribution is -0.111. The van der Waals surface area contributed by atoms with Crippen molar-refractivity contribution in [1.29, 1.82) is 0 Å². The number of carbonyl (C=O) groups is 2. The second-order valence-corrected chi connectivity index (χ2v) is 8.65. The zero-order valence-electron chi connectivity index (χ0n) is 22.1. The summed E-state index contributed by atoms with van der Waals surface area (Å²) >= 11 is 0. The third-order valence-corrected chi connectivity index (χ3v) is 5.69. The van der Waals surface area contributed by atoms with E-state index >= 15 is 0 Å². The summed E-state index contributed by atoms with van der Waals surface area (Å²) in [5, 5.41) is 6.82. The van der Waals surface area contributed by atoms with Gasteiger partial charge in [-0.3, -0.25) is 9.69 Å². The molecule has 10 heteroatoms. The van der Waals surface area contributed by atoms with Gasteiger partial charge in [0, 0.05) is 34.9 Å². The number of aromatic nitrogens is 3. The van der Waals surface area contributed by atoms with Crippen LogP contribution in [0.3, 0.4) is 0 Å². The maximum Gasteiger partial charge on any atom is 0.341 e. The Morgan fingerprint density at radius 3 is 2.69 bits per heavy atom. The zero-order valence-corrected chi connectivity index (χ0v) is 22.1. The Kier molecular flexibility index (Phi) is 8.24. The highest BCUT2D eigenvalue weighted by Gasteiger charge is 2.20. The molecule has 4 aromatic rings. The van der Waals surface area contributed by atoms with Gasteiger partial charge in [0.1, 0.15) is 11.3 Å². The third-order valence-electron chi connectivity index (χ3n) is 5.69. The molecule has 1 amide bonds. The minimum Gasteiger partial charge on any atom is -0.495 e. The number of methoxy groups -OCH3 is 2. The normalized spacial score (nSPS) is 10.5. The van der Waals surface area contributed by atoms with Crippen molar-refractivity contribution in [2.75, 3.05) is 45.5 Å². The monoisotopic (exact) mass is 524 g/mol. The van der Waals surface area contributed by atoms with E-state index in [-0.39, 0.29) is 17.4 Å². The molecule has 0 radical (unpaired) electrons. The Labute approximate surface area is 226 Å². The molecule has 0 aliphatic rings. The van der Waals surface area contributed by atoms with E-state index in [1.165, 1.54) is 26.5 Å². The maximum atomic E-state index is 12.6. The number of aromatic amines is 1. The van der Waals surface area contributed by atoms with Crippen LogP contribution in [0.1, 0.15) is 15.9 Å². The van der Waals surface area contributed by atoms with Crippen molar-refractivity contribution in [2.24, 2.45) is 0 Å². The van der Waals surface area contributed by atoms with E-state index in [0.717, 1.165) is 10.9 Å². The van der Waals surface area contributed by atoms with Crippen LogP contribution in [-0.4, -0.2) is 66.6 Å². The van der Waals surface area contributed by atoms with E-state index in [1.807, 2.05) is 43.3 Å². The summed E-state index contributed by atoms with van der Waals surface area (Å²) in [6, 6.07) is 11.1. The SMILES string of the molecule is C=CC(=O)Nc1cc(Nc2ncc(C(=O)OC)c(-c3c[nH]c4ccccc34)n2)c(OC)cc1C#CCN(C)C. The lowest BCUT2D eigenvalue weighted by atomic mass is 10.1. The average Bonchev–Trinajstić information content (AvgIpc) is 3.37. The van der Waals surface area contributed by atoms with E-state index in [2.05, 4.69) is 44.0 Å². The summed E-state index contributed by atoms with van der Waals surface area (Å²) in [7, 11) is 6.66. The fourth-order valence-corrected chi connectivity index (χ4v) is 3.82. The van der Waals surface area contributed by atoms with Crippen molar-refractivity contribution in [1.82, 2.24) is 19.9 Å². The van der Waals surface area contributed by atoms with Gasteiger partial charge >= 0.3 is 5.97 Å². The molecule has 0 bridgehead atoms. The van der Waals surface area contributed by atoms with Gasteiger partial charge in [0.2, 0.25) is 11.9 Å². The van der Waals surface area contributed by atoms with E-state index in [0.29, 0.717) is 40.5 Å². The Hall–Kier alpha value is -5.14. The minimum atomic E-state index is -0.561. The Balaban J connectivity index is 1.80. The molecule has 0 saturated carbocycles. The molecule has 0 spiro atoms. The van der Waals surface area contributed by atoms with Crippen molar-refractivity contribution in [3.05, 3.63) is 72.6 Å². The summed E-state index contributed by atoms with van der Waals surface area (Å²) in [5.41, 5.74) is 3.71. The van der Waals surface area contributed by atoms with Gasteiger partial charge in [0.05, 0.1) is 43.4 Å². The molecule has 0 fully saturated rings. The molecule has 3 N–H and O–H groups in total. The first kappa shape index (κ1) is 26.9. The Bertz CT molecular complexity index is 1610. The van der Waals surface area contributed by atoms with Gasteiger partial charge in [0.15, 0.2) is 0 Å². The molecule has 0 atom stereocenters. The van der Waals surface area contributed by atoms with E-state index in [4.69, 9.17) is 9.47 Å². The van der Waals surface area contributed by atoms with Crippen LogP contribution >= 0.6 is 0 Å². The quantitative estimate of drug-likeness (QED) is 0.178. The van der Waals surface area contributed by atoms with Crippen molar-refractivity contribution < 1.29 is 19.1 Å². The largest absolute Gasteiger partial charge is 0.495 e. The van der Waals surface area contributed by atoms with Gasteiger partial charge in [-0.15, -0.1) is 0 Å². The lowest BCUT2D eigenvalue weighted by Gasteiger charge is -2.15. The molecule has 10 nitrogen and oxygen atoms in total. The molecule has 0 aliphatic carbocycles. The first-order valence-electron chi connectivity index (χ1n) is 11.9. The topological polar surface area (TPSA) is 121 Å². The number of esters is 1. The highest BCUT2D eigenvalue weighted by Crippen LogP contribution is 2.35. The summed E-state index contributed by atoms with van der Waals surface area (Å²) < 4.78 is 10.6. The maximum absolute atomic E-state index is 12.6. The van der Waals surface area contributed by atoms with Crippen molar-refractivity contribution in [3.63, 3.8) is 0 Å². The summed E-state index contributed by atoms with van der Waals surface area (Å²) in [4.78, 5) is 38.8. The predicted octanol–water partition coefficient (Wildman–Crippen LogP) is 4.20. The summed E-state index contributed by atoms with van der Waals surface area (Å²) in [6.07, 6.45) is 4.37. The molecule has 0 aliphatic heterocycles. The fraction of sp³-hybridized carbons (Fsp3) is 0.172. The third kappa shape index (κ3) is 6.06. The number of para-hydroxylation sites is 1. The molecule has 2 heterocycles. The van der Waals surface area contributed by atoms with Crippen LogP contribution in [0.4, 0.5) is 17.3 Å². The molecular formula is C29H28N6O4. The first-order chi connectivity index (χ1) is 18.8. The average molecular weight is 525 g/mol. The fourth-order valence-electron chi connectivity index (χ4n) is 3.82. The standard InChI is InChI=1S/C29H28N6O4/c1-6-26(36)32-23-15-24(25(38-4)14-18(23)10-9-13-35(2)3)33-29-31-17-21(28(37)39-5)27(34-29)20-16-30-22-12-8-7-11-19(20)22/h6-8,11-12,14-17,30H,1,13H2,2-5H3,(H,32,36)(H,31,33,34). The molecule has 4 rings (SSSR count). The number of H-pyrrole nitrogens is 1. The molecular weight excluding hydrogens is 496 g/mol. The number of ether oxygens (including phenoxy) is 2. The van der Waals surface area contributed by atoms with Crippen LogP contribution in [0.2, 0.25) is 0 Å². The highest BCUT2D eigenvalue weighted by molar-refractivity contribution is 6.03. The summed E-state index contributed by atoms with van der Waals surface area (Å²) in [5.74, 6) is 5.85. The van der Waals surface area contributed by atoms with Crippen LogP contribution in [-0.2, 0) is 9.53 Å². The van der Waals surface area contributed by atoms with Crippen LogP contribution in [0.25, 0.3) is 22.2 Å². The van der Waals surface area contributed by atoms with Gasteiger partial charge in [-0.1, -0.05) is 36.6 Å². The number of fused-ring (bicyclic) bond motifs is 1. The number of amides is 1. The number of hydrogen-bond donors (Lipinski definition) is 3. The molecule has 2 aromatic carbocycles. The number of rotatable bonds is 8.